The zero-order valence-electron chi connectivity index (χ0n) is 6.54. The number of alkyl halides is 3. The highest BCUT2D eigenvalue weighted by Crippen LogP contribution is 2.35. The minimum absolute atomic E-state index is 0.417. The zero-order valence-corrected chi connectivity index (χ0v) is 9.72. The van der Waals surface area contributed by atoms with Crippen molar-refractivity contribution in [2.45, 2.75) is 13.1 Å². The molecule has 13 heavy (non-hydrogen) atoms. The van der Waals surface area contributed by atoms with Crippen LogP contribution in [-0.2, 0) is 6.18 Å². The SMILES string of the molecule is Cc1cc(C(F)(F)F)cc(Br)c1Br. The Morgan fingerprint density at radius 3 is 2.08 bits per heavy atom. The summed E-state index contributed by atoms with van der Waals surface area (Å²) in [7, 11) is 0. The first-order chi connectivity index (χ1) is 5.82. The summed E-state index contributed by atoms with van der Waals surface area (Å²) in [5, 5.41) is 0. The highest BCUT2D eigenvalue weighted by molar-refractivity contribution is 9.13. The van der Waals surface area contributed by atoms with E-state index < -0.39 is 11.7 Å². The van der Waals surface area contributed by atoms with Gasteiger partial charge in [-0.25, -0.2) is 0 Å². The van der Waals surface area contributed by atoms with Crippen LogP contribution in [0.5, 0.6) is 0 Å². The lowest BCUT2D eigenvalue weighted by Gasteiger charge is -2.09. The van der Waals surface area contributed by atoms with Crippen molar-refractivity contribution < 1.29 is 13.2 Å². The van der Waals surface area contributed by atoms with Crippen molar-refractivity contribution in [3.05, 3.63) is 32.2 Å². The first kappa shape index (κ1) is 11.0. The molecule has 0 saturated carbocycles. The third kappa shape index (κ3) is 2.47. The van der Waals surface area contributed by atoms with E-state index in [1.165, 1.54) is 0 Å². The molecule has 0 aliphatic rings. The van der Waals surface area contributed by atoms with E-state index in [1.54, 1.807) is 6.92 Å². The molecule has 0 bridgehead atoms. The van der Waals surface area contributed by atoms with Crippen LogP contribution >= 0.6 is 31.9 Å². The van der Waals surface area contributed by atoms with Gasteiger partial charge in [0.05, 0.1) is 5.56 Å². The molecule has 1 aromatic rings. The van der Waals surface area contributed by atoms with E-state index in [-0.39, 0.29) is 0 Å². The van der Waals surface area contributed by atoms with Gasteiger partial charge in [0.1, 0.15) is 0 Å². The normalized spacial score (nSPS) is 11.8. The standard InChI is InChI=1S/C8H5Br2F3/c1-4-2-5(8(11,12)13)3-6(9)7(4)10/h2-3H,1H3. The van der Waals surface area contributed by atoms with Crippen LogP contribution in [0.2, 0.25) is 0 Å². The molecular weight excluding hydrogens is 313 g/mol. The van der Waals surface area contributed by atoms with Gasteiger partial charge >= 0.3 is 6.18 Å². The highest BCUT2D eigenvalue weighted by atomic mass is 79.9. The van der Waals surface area contributed by atoms with Crippen LogP contribution in [0, 0.1) is 6.92 Å². The van der Waals surface area contributed by atoms with Crippen LogP contribution in [-0.4, -0.2) is 0 Å². The summed E-state index contributed by atoms with van der Waals surface area (Å²) in [4.78, 5) is 0. The average molecular weight is 318 g/mol. The molecule has 0 N–H and O–H groups in total. The number of hydrogen-bond donors (Lipinski definition) is 0. The number of hydrogen-bond acceptors (Lipinski definition) is 0. The minimum Gasteiger partial charge on any atom is -0.166 e. The number of rotatable bonds is 0. The third-order valence-electron chi connectivity index (χ3n) is 1.54. The van der Waals surface area contributed by atoms with Crippen molar-refractivity contribution in [1.29, 1.82) is 0 Å². The minimum atomic E-state index is -4.28. The van der Waals surface area contributed by atoms with Crippen LogP contribution in [0.4, 0.5) is 13.2 Å². The van der Waals surface area contributed by atoms with E-state index in [2.05, 4.69) is 31.9 Å². The topological polar surface area (TPSA) is 0 Å². The third-order valence-corrected chi connectivity index (χ3v) is 3.75. The van der Waals surface area contributed by atoms with Gasteiger partial charge in [-0.3, -0.25) is 0 Å². The Kier molecular flexibility index (Phi) is 3.07. The Morgan fingerprint density at radius 2 is 1.69 bits per heavy atom. The summed E-state index contributed by atoms with van der Waals surface area (Å²) in [6.45, 7) is 1.62. The molecule has 0 aromatic heterocycles. The molecule has 0 aliphatic heterocycles. The largest absolute Gasteiger partial charge is 0.416 e. The fraction of sp³-hybridized carbons (Fsp3) is 0.250. The first-order valence-electron chi connectivity index (χ1n) is 3.35. The Bertz CT molecular complexity index is 308. The molecule has 0 amide bonds. The predicted octanol–water partition coefficient (Wildman–Crippen LogP) is 4.54. The Hall–Kier alpha value is -0.0300. The van der Waals surface area contributed by atoms with Gasteiger partial charge in [-0.2, -0.15) is 13.2 Å². The average Bonchev–Trinajstić information content (AvgIpc) is 1.97. The van der Waals surface area contributed by atoms with Crippen LogP contribution in [0.25, 0.3) is 0 Å². The van der Waals surface area contributed by atoms with Crippen molar-refractivity contribution in [1.82, 2.24) is 0 Å². The summed E-state index contributed by atoms with van der Waals surface area (Å²) in [5.74, 6) is 0. The molecule has 5 heteroatoms. The Morgan fingerprint density at radius 1 is 1.15 bits per heavy atom. The van der Waals surface area contributed by atoms with Gasteiger partial charge in [-0.1, -0.05) is 0 Å². The van der Waals surface area contributed by atoms with Gasteiger partial charge in [-0.15, -0.1) is 0 Å². The van der Waals surface area contributed by atoms with E-state index in [0.29, 0.717) is 14.5 Å². The quantitative estimate of drug-likeness (QED) is 0.659. The number of halogens is 5. The van der Waals surface area contributed by atoms with E-state index in [1.807, 2.05) is 0 Å². The molecule has 1 rings (SSSR count). The number of benzene rings is 1. The Balaban J connectivity index is 3.29. The summed E-state index contributed by atoms with van der Waals surface area (Å²) < 4.78 is 37.8. The summed E-state index contributed by atoms with van der Waals surface area (Å²) >= 11 is 6.21. The smallest absolute Gasteiger partial charge is 0.166 e. The summed E-state index contributed by atoms with van der Waals surface area (Å²) in [6.07, 6.45) is -4.28. The fourth-order valence-corrected chi connectivity index (χ4v) is 1.68. The van der Waals surface area contributed by atoms with Gasteiger partial charge in [-0.05, 0) is 56.5 Å². The van der Waals surface area contributed by atoms with Crippen molar-refractivity contribution >= 4 is 31.9 Å². The second kappa shape index (κ2) is 3.61. The maximum Gasteiger partial charge on any atom is 0.416 e. The van der Waals surface area contributed by atoms with Crippen molar-refractivity contribution in [3.63, 3.8) is 0 Å². The lowest BCUT2D eigenvalue weighted by atomic mass is 10.1. The molecule has 0 fully saturated rings. The van der Waals surface area contributed by atoms with Crippen LogP contribution in [0.1, 0.15) is 11.1 Å². The maximum absolute atomic E-state index is 12.2. The van der Waals surface area contributed by atoms with Crippen LogP contribution in [0.3, 0.4) is 0 Å². The predicted molar refractivity (Wildman–Crippen MR) is 51.6 cm³/mol. The lowest BCUT2D eigenvalue weighted by molar-refractivity contribution is -0.137. The Labute approximate surface area is 90.4 Å². The molecule has 0 heterocycles. The monoisotopic (exact) mass is 316 g/mol. The van der Waals surface area contributed by atoms with Gasteiger partial charge in [0.2, 0.25) is 0 Å². The fourth-order valence-electron chi connectivity index (χ4n) is 0.890. The van der Waals surface area contributed by atoms with Crippen LogP contribution < -0.4 is 0 Å². The van der Waals surface area contributed by atoms with E-state index in [0.717, 1.165) is 12.1 Å². The van der Waals surface area contributed by atoms with Crippen molar-refractivity contribution in [3.8, 4) is 0 Å². The molecule has 0 unspecified atom stereocenters. The molecule has 0 saturated heterocycles. The molecule has 0 atom stereocenters. The van der Waals surface area contributed by atoms with Gasteiger partial charge in [0.25, 0.3) is 0 Å². The molecule has 0 aliphatic carbocycles. The van der Waals surface area contributed by atoms with E-state index in [4.69, 9.17) is 0 Å². The van der Waals surface area contributed by atoms with E-state index in [9.17, 15) is 13.2 Å². The van der Waals surface area contributed by atoms with Crippen LogP contribution in [0.15, 0.2) is 21.1 Å². The second-order valence-corrected chi connectivity index (χ2v) is 4.23. The molecule has 72 valence electrons. The maximum atomic E-state index is 12.2. The summed E-state index contributed by atoms with van der Waals surface area (Å²) in [5.41, 5.74) is -0.0817. The number of aryl methyl sites for hydroxylation is 1. The molecule has 1 aromatic carbocycles. The zero-order chi connectivity index (χ0) is 10.2. The highest BCUT2D eigenvalue weighted by Gasteiger charge is 2.31. The van der Waals surface area contributed by atoms with E-state index >= 15 is 0 Å². The van der Waals surface area contributed by atoms with Gasteiger partial charge in [0, 0.05) is 8.95 Å². The second-order valence-electron chi connectivity index (χ2n) is 2.59. The summed E-state index contributed by atoms with van der Waals surface area (Å²) in [6, 6.07) is 2.16. The lowest BCUT2D eigenvalue weighted by Crippen LogP contribution is -2.05. The molecule has 0 radical (unpaired) electrons. The first-order valence-corrected chi connectivity index (χ1v) is 4.94. The molecule has 0 spiro atoms. The molecule has 0 nitrogen and oxygen atoms in total. The van der Waals surface area contributed by atoms with Gasteiger partial charge in [0.15, 0.2) is 0 Å². The van der Waals surface area contributed by atoms with Crippen molar-refractivity contribution in [2.75, 3.05) is 0 Å². The van der Waals surface area contributed by atoms with Gasteiger partial charge < -0.3 is 0 Å². The molecular formula is C8H5Br2F3. The van der Waals surface area contributed by atoms with Crippen molar-refractivity contribution in [2.24, 2.45) is 0 Å².